The predicted octanol–water partition coefficient (Wildman–Crippen LogP) is 3.02. The SMILES string of the molecule is CC/C=C1/CC(=O)C=C1CCC. The molecule has 0 fully saturated rings. The van der Waals surface area contributed by atoms with Gasteiger partial charge >= 0.3 is 0 Å². The topological polar surface area (TPSA) is 17.1 Å². The zero-order valence-corrected chi connectivity index (χ0v) is 7.89. The van der Waals surface area contributed by atoms with Crippen molar-refractivity contribution in [2.24, 2.45) is 0 Å². The molecule has 1 nitrogen and oxygen atoms in total. The van der Waals surface area contributed by atoms with E-state index < -0.39 is 0 Å². The minimum absolute atomic E-state index is 0.276. The quantitative estimate of drug-likeness (QED) is 0.626. The summed E-state index contributed by atoms with van der Waals surface area (Å²) in [5, 5.41) is 0. The predicted molar refractivity (Wildman–Crippen MR) is 51.0 cm³/mol. The average molecular weight is 164 g/mol. The van der Waals surface area contributed by atoms with Crippen molar-refractivity contribution in [3.63, 3.8) is 0 Å². The fourth-order valence-electron chi connectivity index (χ4n) is 1.59. The molecular weight excluding hydrogens is 148 g/mol. The first-order valence-corrected chi connectivity index (χ1v) is 4.70. The Bertz CT molecular complexity index is 233. The Morgan fingerprint density at radius 3 is 2.83 bits per heavy atom. The number of rotatable bonds is 3. The molecule has 0 unspecified atom stereocenters. The van der Waals surface area contributed by atoms with Crippen molar-refractivity contribution in [2.75, 3.05) is 0 Å². The normalized spacial score (nSPS) is 20.3. The summed E-state index contributed by atoms with van der Waals surface area (Å²) < 4.78 is 0. The second kappa shape index (κ2) is 4.24. The molecule has 0 heterocycles. The van der Waals surface area contributed by atoms with Crippen LogP contribution in [0, 0.1) is 0 Å². The lowest BCUT2D eigenvalue weighted by Gasteiger charge is -2.01. The molecule has 1 rings (SSSR count). The minimum atomic E-state index is 0.276. The van der Waals surface area contributed by atoms with Crippen LogP contribution in [0.3, 0.4) is 0 Å². The number of hydrogen-bond acceptors (Lipinski definition) is 1. The molecular formula is C11H16O. The van der Waals surface area contributed by atoms with E-state index in [0.29, 0.717) is 6.42 Å². The summed E-state index contributed by atoms with van der Waals surface area (Å²) in [4.78, 5) is 11.1. The highest BCUT2D eigenvalue weighted by molar-refractivity contribution is 5.97. The van der Waals surface area contributed by atoms with Gasteiger partial charge in [-0.05, 0) is 30.1 Å². The van der Waals surface area contributed by atoms with Crippen molar-refractivity contribution in [1.29, 1.82) is 0 Å². The van der Waals surface area contributed by atoms with Crippen LogP contribution in [0.15, 0.2) is 23.3 Å². The molecule has 0 aromatic carbocycles. The van der Waals surface area contributed by atoms with Crippen LogP contribution in [-0.4, -0.2) is 5.78 Å². The highest BCUT2D eigenvalue weighted by Gasteiger charge is 2.16. The zero-order chi connectivity index (χ0) is 8.97. The Balaban J connectivity index is 2.72. The molecule has 0 N–H and O–H groups in total. The molecule has 0 aliphatic heterocycles. The third-order valence-electron chi connectivity index (χ3n) is 2.08. The highest BCUT2D eigenvalue weighted by Crippen LogP contribution is 2.26. The van der Waals surface area contributed by atoms with Crippen molar-refractivity contribution in [2.45, 2.75) is 39.5 Å². The van der Waals surface area contributed by atoms with Gasteiger partial charge in [0.05, 0.1) is 0 Å². The number of ketones is 1. The smallest absolute Gasteiger partial charge is 0.160 e. The summed E-state index contributed by atoms with van der Waals surface area (Å²) in [6.07, 6.45) is 7.84. The maximum absolute atomic E-state index is 11.1. The largest absolute Gasteiger partial charge is 0.294 e. The minimum Gasteiger partial charge on any atom is -0.294 e. The molecule has 0 saturated heterocycles. The van der Waals surface area contributed by atoms with Crippen LogP contribution in [-0.2, 0) is 4.79 Å². The molecule has 0 spiro atoms. The van der Waals surface area contributed by atoms with Gasteiger partial charge in [-0.2, -0.15) is 0 Å². The first-order chi connectivity index (χ1) is 5.77. The van der Waals surface area contributed by atoms with Gasteiger partial charge in [-0.25, -0.2) is 0 Å². The monoisotopic (exact) mass is 164 g/mol. The summed E-state index contributed by atoms with van der Waals surface area (Å²) in [6, 6.07) is 0. The van der Waals surface area contributed by atoms with E-state index >= 15 is 0 Å². The van der Waals surface area contributed by atoms with Gasteiger partial charge < -0.3 is 0 Å². The molecule has 66 valence electrons. The molecule has 12 heavy (non-hydrogen) atoms. The van der Waals surface area contributed by atoms with Crippen LogP contribution >= 0.6 is 0 Å². The fourth-order valence-corrected chi connectivity index (χ4v) is 1.59. The number of carbonyl (C=O) groups excluding carboxylic acids is 1. The van der Waals surface area contributed by atoms with Gasteiger partial charge in [-0.1, -0.05) is 26.3 Å². The number of hydrogen-bond donors (Lipinski definition) is 0. The molecule has 0 amide bonds. The lowest BCUT2D eigenvalue weighted by Crippen LogP contribution is -1.85. The van der Waals surface area contributed by atoms with E-state index in [1.165, 1.54) is 11.1 Å². The van der Waals surface area contributed by atoms with E-state index in [9.17, 15) is 4.79 Å². The van der Waals surface area contributed by atoms with Crippen LogP contribution in [0.2, 0.25) is 0 Å². The summed E-state index contributed by atoms with van der Waals surface area (Å²) >= 11 is 0. The second-order valence-electron chi connectivity index (χ2n) is 3.20. The maximum atomic E-state index is 11.1. The van der Waals surface area contributed by atoms with Crippen LogP contribution in [0.5, 0.6) is 0 Å². The molecule has 1 aliphatic rings. The first-order valence-electron chi connectivity index (χ1n) is 4.70. The molecule has 1 aliphatic carbocycles. The molecule has 0 atom stereocenters. The number of allylic oxidation sites excluding steroid dienone is 4. The molecule has 0 radical (unpaired) electrons. The van der Waals surface area contributed by atoms with Crippen LogP contribution in [0.4, 0.5) is 0 Å². The third-order valence-corrected chi connectivity index (χ3v) is 2.08. The van der Waals surface area contributed by atoms with E-state index in [2.05, 4.69) is 19.9 Å². The molecule has 0 aromatic rings. The standard InChI is InChI=1S/C11H16O/c1-3-5-9-7-11(12)8-10(9)6-4-2/h5,8H,3-4,6-7H2,1-2H3/b9-5-. The summed E-state index contributed by atoms with van der Waals surface area (Å²) in [5.41, 5.74) is 2.54. The fraction of sp³-hybridized carbons (Fsp3) is 0.545. The van der Waals surface area contributed by atoms with Crippen LogP contribution in [0.25, 0.3) is 0 Å². The van der Waals surface area contributed by atoms with Gasteiger partial charge in [0.15, 0.2) is 5.78 Å². The van der Waals surface area contributed by atoms with Gasteiger partial charge in [0, 0.05) is 6.42 Å². The lowest BCUT2D eigenvalue weighted by atomic mass is 10.0. The molecule has 0 bridgehead atoms. The van der Waals surface area contributed by atoms with Crippen molar-refractivity contribution in [3.8, 4) is 0 Å². The Morgan fingerprint density at radius 2 is 2.25 bits per heavy atom. The summed E-state index contributed by atoms with van der Waals surface area (Å²) in [6.45, 7) is 4.26. The Hall–Kier alpha value is -0.850. The number of carbonyl (C=O) groups is 1. The van der Waals surface area contributed by atoms with Gasteiger partial charge in [0.25, 0.3) is 0 Å². The Kier molecular flexibility index (Phi) is 3.27. The van der Waals surface area contributed by atoms with Crippen molar-refractivity contribution >= 4 is 5.78 Å². The summed E-state index contributed by atoms with van der Waals surface area (Å²) in [5.74, 6) is 0.276. The molecule has 0 saturated carbocycles. The first kappa shape index (κ1) is 9.24. The molecule has 1 heteroatoms. The summed E-state index contributed by atoms with van der Waals surface area (Å²) in [7, 11) is 0. The van der Waals surface area contributed by atoms with Gasteiger partial charge in [0.2, 0.25) is 0 Å². The van der Waals surface area contributed by atoms with E-state index in [1.54, 1.807) is 0 Å². The van der Waals surface area contributed by atoms with Crippen molar-refractivity contribution in [3.05, 3.63) is 23.3 Å². The zero-order valence-electron chi connectivity index (χ0n) is 7.89. The van der Waals surface area contributed by atoms with Gasteiger partial charge in [0.1, 0.15) is 0 Å². The van der Waals surface area contributed by atoms with E-state index in [4.69, 9.17) is 0 Å². The van der Waals surface area contributed by atoms with Crippen molar-refractivity contribution < 1.29 is 4.79 Å². The van der Waals surface area contributed by atoms with Crippen molar-refractivity contribution in [1.82, 2.24) is 0 Å². The maximum Gasteiger partial charge on any atom is 0.160 e. The Labute approximate surface area is 74.2 Å². The lowest BCUT2D eigenvalue weighted by molar-refractivity contribution is -0.113. The Morgan fingerprint density at radius 1 is 1.50 bits per heavy atom. The van der Waals surface area contributed by atoms with E-state index in [-0.39, 0.29) is 5.78 Å². The second-order valence-corrected chi connectivity index (χ2v) is 3.20. The van der Waals surface area contributed by atoms with Gasteiger partial charge in [-0.3, -0.25) is 4.79 Å². The molecule has 0 aromatic heterocycles. The average Bonchev–Trinajstić information content (AvgIpc) is 2.33. The van der Waals surface area contributed by atoms with E-state index in [1.807, 2.05) is 6.08 Å². The van der Waals surface area contributed by atoms with Crippen LogP contribution in [0.1, 0.15) is 39.5 Å². The van der Waals surface area contributed by atoms with Crippen LogP contribution < -0.4 is 0 Å². The third kappa shape index (κ3) is 2.07. The van der Waals surface area contributed by atoms with Gasteiger partial charge in [-0.15, -0.1) is 0 Å². The van der Waals surface area contributed by atoms with E-state index in [0.717, 1.165) is 19.3 Å². The highest BCUT2D eigenvalue weighted by atomic mass is 16.1.